The van der Waals surface area contributed by atoms with Gasteiger partial charge in [-0.15, -0.1) is 11.3 Å². The standard InChI is InChI=1S/C12H8N2O2S/c15-12(16)8-5-13-14-11(8)9-6-17-10-4-2-1-3-7(9)10/h1-6H,(H,13,14)(H,15,16). The lowest BCUT2D eigenvalue weighted by Gasteiger charge is -1.97. The fraction of sp³-hybridized carbons (Fsp3) is 0. The van der Waals surface area contributed by atoms with Crippen LogP contribution in [0.1, 0.15) is 10.4 Å². The van der Waals surface area contributed by atoms with Crippen molar-refractivity contribution in [2.75, 3.05) is 0 Å². The van der Waals surface area contributed by atoms with Gasteiger partial charge in [0.1, 0.15) is 5.56 Å². The molecule has 0 unspecified atom stereocenters. The van der Waals surface area contributed by atoms with Crippen LogP contribution < -0.4 is 0 Å². The third kappa shape index (κ3) is 1.52. The van der Waals surface area contributed by atoms with Gasteiger partial charge in [0, 0.05) is 21.0 Å². The maximum atomic E-state index is 11.1. The molecular formula is C12H8N2O2S. The van der Waals surface area contributed by atoms with E-state index in [0.717, 1.165) is 15.6 Å². The normalized spacial score (nSPS) is 10.8. The molecule has 0 aliphatic carbocycles. The lowest BCUT2D eigenvalue weighted by atomic mass is 10.1. The molecule has 0 saturated carbocycles. The van der Waals surface area contributed by atoms with Gasteiger partial charge in [0.25, 0.3) is 0 Å². The molecule has 0 bridgehead atoms. The van der Waals surface area contributed by atoms with Crippen molar-refractivity contribution in [1.82, 2.24) is 10.2 Å². The molecule has 3 aromatic rings. The number of aromatic nitrogens is 2. The molecule has 3 rings (SSSR count). The minimum atomic E-state index is -0.968. The Morgan fingerprint density at radius 1 is 1.35 bits per heavy atom. The van der Waals surface area contributed by atoms with Crippen LogP contribution in [0.5, 0.6) is 0 Å². The van der Waals surface area contributed by atoms with E-state index in [2.05, 4.69) is 10.2 Å². The lowest BCUT2D eigenvalue weighted by molar-refractivity contribution is 0.0698. The van der Waals surface area contributed by atoms with Gasteiger partial charge in [-0.3, -0.25) is 5.10 Å². The summed E-state index contributed by atoms with van der Waals surface area (Å²) in [5.41, 5.74) is 1.66. The molecule has 0 atom stereocenters. The number of hydrogen-bond donors (Lipinski definition) is 2. The van der Waals surface area contributed by atoms with Gasteiger partial charge in [0.15, 0.2) is 0 Å². The van der Waals surface area contributed by atoms with Crippen LogP contribution in [0.4, 0.5) is 0 Å². The molecule has 0 fully saturated rings. The van der Waals surface area contributed by atoms with E-state index in [1.165, 1.54) is 6.20 Å². The summed E-state index contributed by atoms with van der Waals surface area (Å²) in [4.78, 5) is 11.1. The van der Waals surface area contributed by atoms with Gasteiger partial charge in [-0.1, -0.05) is 18.2 Å². The number of carbonyl (C=O) groups is 1. The smallest absolute Gasteiger partial charge is 0.339 e. The van der Waals surface area contributed by atoms with Crippen LogP contribution in [0.25, 0.3) is 21.3 Å². The van der Waals surface area contributed by atoms with Crippen molar-refractivity contribution in [2.45, 2.75) is 0 Å². The van der Waals surface area contributed by atoms with Gasteiger partial charge in [0.05, 0.1) is 11.9 Å². The number of rotatable bonds is 2. The summed E-state index contributed by atoms with van der Waals surface area (Å²) < 4.78 is 1.13. The number of nitrogens with zero attached hydrogens (tertiary/aromatic N) is 1. The predicted octanol–water partition coefficient (Wildman–Crippen LogP) is 2.99. The number of carboxylic acids is 1. The molecule has 2 heterocycles. The molecule has 0 radical (unpaired) electrons. The second-order valence-corrected chi connectivity index (χ2v) is 4.52. The Kier molecular flexibility index (Phi) is 2.19. The molecule has 0 amide bonds. The van der Waals surface area contributed by atoms with Gasteiger partial charge in [-0.25, -0.2) is 4.79 Å². The molecule has 4 nitrogen and oxygen atoms in total. The number of thiophene rings is 1. The number of aromatic amines is 1. The first-order valence-corrected chi connectivity index (χ1v) is 5.88. The monoisotopic (exact) mass is 244 g/mol. The molecule has 2 N–H and O–H groups in total. The van der Waals surface area contributed by atoms with Crippen molar-refractivity contribution in [2.24, 2.45) is 0 Å². The molecule has 17 heavy (non-hydrogen) atoms. The van der Waals surface area contributed by atoms with Crippen molar-refractivity contribution < 1.29 is 9.90 Å². The van der Waals surface area contributed by atoms with Crippen molar-refractivity contribution in [3.8, 4) is 11.3 Å². The summed E-state index contributed by atoms with van der Waals surface area (Å²) in [5.74, 6) is -0.968. The number of nitrogens with one attached hydrogen (secondary N) is 1. The number of hydrogen-bond acceptors (Lipinski definition) is 3. The Morgan fingerprint density at radius 2 is 2.18 bits per heavy atom. The number of aromatic carboxylic acids is 1. The summed E-state index contributed by atoms with van der Waals surface area (Å²) in [6.45, 7) is 0. The highest BCUT2D eigenvalue weighted by atomic mass is 32.1. The van der Waals surface area contributed by atoms with E-state index in [1.54, 1.807) is 11.3 Å². The predicted molar refractivity (Wildman–Crippen MR) is 66.4 cm³/mol. The SMILES string of the molecule is O=C(O)c1cn[nH]c1-c1csc2ccccc12. The Bertz CT molecular complexity index is 699. The van der Waals surface area contributed by atoms with Gasteiger partial charge in [0.2, 0.25) is 0 Å². The van der Waals surface area contributed by atoms with Gasteiger partial charge in [-0.2, -0.15) is 5.10 Å². The van der Waals surface area contributed by atoms with Crippen LogP contribution in [0, 0.1) is 0 Å². The zero-order chi connectivity index (χ0) is 11.8. The fourth-order valence-corrected chi connectivity index (χ4v) is 2.78. The Hall–Kier alpha value is -2.14. The zero-order valence-corrected chi connectivity index (χ0v) is 9.49. The van der Waals surface area contributed by atoms with Crippen molar-refractivity contribution in [1.29, 1.82) is 0 Å². The molecule has 84 valence electrons. The first kappa shape index (κ1) is 10.0. The van der Waals surface area contributed by atoms with Crippen LogP contribution in [0.2, 0.25) is 0 Å². The Balaban J connectivity index is 2.28. The topological polar surface area (TPSA) is 66.0 Å². The van der Waals surface area contributed by atoms with E-state index in [-0.39, 0.29) is 5.56 Å². The summed E-state index contributed by atoms with van der Waals surface area (Å²) in [6.07, 6.45) is 1.34. The summed E-state index contributed by atoms with van der Waals surface area (Å²) in [6, 6.07) is 7.90. The fourth-order valence-electron chi connectivity index (χ4n) is 1.83. The number of benzene rings is 1. The molecule has 0 aliphatic heterocycles. The van der Waals surface area contributed by atoms with E-state index in [0.29, 0.717) is 5.69 Å². The molecular weight excluding hydrogens is 236 g/mol. The Labute approximate surface area is 101 Å². The van der Waals surface area contributed by atoms with E-state index in [9.17, 15) is 4.79 Å². The van der Waals surface area contributed by atoms with Crippen molar-refractivity contribution in [3.63, 3.8) is 0 Å². The van der Waals surface area contributed by atoms with Gasteiger partial charge in [-0.05, 0) is 6.07 Å². The van der Waals surface area contributed by atoms with E-state index in [4.69, 9.17) is 5.11 Å². The van der Waals surface area contributed by atoms with Crippen LogP contribution in [-0.2, 0) is 0 Å². The van der Waals surface area contributed by atoms with Crippen molar-refractivity contribution >= 4 is 27.4 Å². The number of H-pyrrole nitrogens is 1. The minimum Gasteiger partial charge on any atom is -0.478 e. The first-order chi connectivity index (χ1) is 8.27. The van der Waals surface area contributed by atoms with Crippen molar-refractivity contribution in [3.05, 3.63) is 41.4 Å². The maximum Gasteiger partial charge on any atom is 0.339 e. The quantitative estimate of drug-likeness (QED) is 0.728. The second kappa shape index (κ2) is 3.71. The second-order valence-electron chi connectivity index (χ2n) is 3.61. The average molecular weight is 244 g/mol. The molecule has 1 aromatic carbocycles. The van der Waals surface area contributed by atoms with E-state index >= 15 is 0 Å². The third-order valence-electron chi connectivity index (χ3n) is 2.62. The highest BCUT2D eigenvalue weighted by Gasteiger charge is 2.16. The minimum absolute atomic E-state index is 0.202. The molecule has 0 saturated heterocycles. The summed E-state index contributed by atoms with van der Waals surface area (Å²) >= 11 is 1.59. The summed E-state index contributed by atoms with van der Waals surface area (Å²) in [5, 5.41) is 18.6. The molecule has 0 spiro atoms. The Morgan fingerprint density at radius 3 is 3.00 bits per heavy atom. The lowest BCUT2D eigenvalue weighted by Crippen LogP contribution is -1.96. The van der Waals surface area contributed by atoms with E-state index in [1.807, 2.05) is 29.6 Å². The van der Waals surface area contributed by atoms with Gasteiger partial charge >= 0.3 is 5.97 Å². The average Bonchev–Trinajstić information content (AvgIpc) is 2.94. The third-order valence-corrected chi connectivity index (χ3v) is 3.58. The zero-order valence-electron chi connectivity index (χ0n) is 8.68. The van der Waals surface area contributed by atoms with E-state index < -0.39 is 5.97 Å². The first-order valence-electron chi connectivity index (χ1n) is 5.00. The largest absolute Gasteiger partial charge is 0.478 e. The van der Waals surface area contributed by atoms with Crippen LogP contribution in [0.3, 0.4) is 0 Å². The van der Waals surface area contributed by atoms with Crippen LogP contribution in [-0.4, -0.2) is 21.3 Å². The highest BCUT2D eigenvalue weighted by molar-refractivity contribution is 7.17. The number of fused-ring (bicyclic) bond motifs is 1. The maximum absolute atomic E-state index is 11.1. The van der Waals surface area contributed by atoms with Crippen LogP contribution >= 0.6 is 11.3 Å². The number of carboxylic acid groups (broad SMARTS) is 1. The molecule has 2 aromatic heterocycles. The van der Waals surface area contributed by atoms with Crippen LogP contribution in [0.15, 0.2) is 35.8 Å². The molecule has 0 aliphatic rings. The summed E-state index contributed by atoms with van der Waals surface area (Å²) in [7, 11) is 0. The highest BCUT2D eigenvalue weighted by Crippen LogP contribution is 2.34. The molecule has 5 heteroatoms. The van der Waals surface area contributed by atoms with Gasteiger partial charge < -0.3 is 5.11 Å².